The molecule has 0 fully saturated rings. The summed E-state index contributed by atoms with van der Waals surface area (Å²) < 4.78 is 9.17. The first-order chi connectivity index (χ1) is 25.7. The van der Waals surface area contributed by atoms with Gasteiger partial charge in [0.05, 0.1) is 22.4 Å². The Hall–Kier alpha value is -5.55. The standard InChI is InChI=1S/C48H50N4O/c1-7-8-16-34-24-25-41-39(28-34)47-35(27-33(2)3)29-38(31-45(47)52(41)46-23-13-14-26-49-46)53-37-18-15-17-36(30-37)50-32-51(44-22-12-11-21-43(44)50)42-20-10-9-19-40(42)48(4,5)6/h9-15,17-26,28-31,33H,7-8,16,27,32H2,1-6H3. The summed E-state index contributed by atoms with van der Waals surface area (Å²) in [6, 6.07) is 43.7. The highest BCUT2D eigenvalue weighted by Crippen LogP contribution is 2.47. The van der Waals surface area contributed by atoms with Crippen LogP contribution in [-0.4, -0.2) is 16.2 Å². The van der Waals surface area contributed by atoms with Crippen LogP contribution in [0.3, 0.4) is 0 Å². The molecule has 3 heterocycles. The number of ether oxygens (including phenoxy) is 1. The molecule has 0 aliphatic carbocycles. The number of pyridine rings is 1. The molecule has 53 heavy (non-hydrogen) atoms. The molecule has 0 atom stereocenters. The number of aryl methyl sites for hydroxylation is 1. The molecule has 1 aliphatic heterocycles. The first-order valence-electron chi connectivity index (χ1n) is 19.2. The average molecular weight is 699 g/mol. The maximum atomic E-state index is 6.86. The second-order valence-corrected chi connectivity index (χ2v) is 15.9. The fourth-order valence-corrected chi connectivity index (χ4v) is 8.02. The number of rotatable bonds is 10. The molecular weight excluding hydrogens is 649 g/mol. The molecule has 0 unspecified atom stereocenters. The van der Waals surface area contributed by atoms with E-state index in [-0.39, 0.29) is 5.41 Å². The van der Waals surface area contributed by atoms with Crippen LogP contribution >= 0.6 is 0 Å². The Morgan fingerprint density at radius 1 is 0.717 bits per heavy atom. The lowest BCUT2D eigenvalue weighted by molar-refractivity contribution is 0.482. The number of hydrogen-bond donors (Lipinski definition) is 0. The van der Waals surface area contributed by atoms with Crippen LogP contribution < -0.4 is 14.5 Å². The van der Waals surface area contributed by atoms with Crippen LogP contribution in [0.25, 0.3) is 27.6 Å². The summed E-state index contributed by atoms with van der Waals surface area (Å²) in [5.41, 5.74) is 11.1. The van der Waals surface area contributed by atoms with Crippen molar-refractivity contribution >= 4 is 44.6 Å². The minimum Gasteiger partial charge on any atom is -0.457 e. The first kappa shape index (κ1) is 34.5. The molecule has 5 nitrogen and oxygen atoms in total. The number of nitrogens with zero attached hydrogens (tertiary/aromatic N) is 4. The molecule has 0 saturated carbocycles. The molecule has 0 amide bonds. The van der Waals surface area contributed by atoms with Gasteiger partial charge in [-0.3, -0.25) is 4.57 Å². The Labute approximate surface area is 314 Å². The topological polar surface area (TPSA) is 33.5 Å². The molecule has 5 aromatic carbocycles. The Morgan fingerprint density at radius 2 is 1.47 bits per heavy atom. The summed E-state index contributed by atoms with van der Waals surface area (Å²) in [4.78, 5) is 9.67. The minimum absolute atomic E-state index is 0.0157. The van der Waals surface area contributed by atoms with E-state index in [9.17, 15) is 0 Å². The molecule has 0 saturated heterocycles. The van der Waals surface area contributed by atoms with Gasteiger partial charge >= 0.3 is 0 Å². The van der Waals surface area contributed by atoms with E-state index in [2.05, 4.69) is 171 Å². The van der Waals surface area contributed by atoms with E-state index >= 15 is 0 Å². The molecule has 0 radical (unpaired) electrons. The highest BCUT2D eigenvalue weighted by molar-refractivity contribution is 6.11. The van der Waals surface area contributed by atoms with Gasteiger partial charge in [0.25, 0.3) is 0 Å². The van der Waals surface area contributed by atoms with Crippen LogP contribution in [0.5, 0.6) is 11.5 Å². The van der Waals surface area contributed by atoms with Crippen molar-refractivity contribution in [3.63, 3.8) is 0 Å². The Kier molecular flexibility index (Phi) is 9.20. The molecule has 5 heteroatoms. The van der Waals surface area contributed by atoms with Crippen molar-refractivity contribution in [1.82, 2.24) is 9.55 Å². The van der Waals surface area contributed by atoms with Gasteiger partial charge in [-0.15, -0.1) is 0 Å². The van der Waals surface area contributed by atoms with Crippen molar-refractivity contribution in [2.45, 2.75) is 72.6 Å². The molecule has 0 bridgehead atoms. The lowest BCUT2D eigenvalue weighted by Gasteiger charge is -2.29. The second kappa shape index (κ2) is 14.1. The van der Waals surface area contributed by atoms with Crippen molar-refractivity contribution in [2.75, 3.05) is 16.5 Å². The zero-order valence-corrected chi connectivity index (χ0v) is 31.9. The lowest BCUT2D eigenvalue weighted by Crippen LogP contribution is -2.26. The number of unbranched alkanes of at least 4 members (excludes halogenated alkanes) is 1. The minimum atomic E-state index is 0.0157. The lowest BCUT2D eigenvalue weighted by atomic mass is 9.85. The van der Waals surface area contributed by atoms with Crippen molar-refractivity contribution < 1.29 is 4.74 Å². The van der Waals surface area contributed by atoms with Crippen LogP contribution in [0.2, 0.25) is 0 Å². The summed E-state index contributed by atoms with van der Waals surface area (Å²) in [5, 5.41) is 2.58. The highest BCUT2D eigenvalue weighted by atomic mass is 16.5. The zero-order chi connectivity index (χ0) is 36.7. The van der Waals surface area contributed by atoms with Crippen LogP contribution in [0.1, 0.15) is 71.1 Å². The number of para-hydroxylation sites is 3. The number of aromatic nitrogens is 2. The van der Waals surface area contributed by atoms with Gasteiger partial charge in [-0.05, 0) is 108 Å². The summed E-state index contributed by atoms with van der Waals surface area (Å²) in [6.07, 6.45) is 6.28. The van der Waals surface area contributed by atoms with E-state index < -0.39 is 0 Å². The molecule has 0 N–H and O–H groups in total. The van der Waals surface area contributed by atoms with Crippen LogP contribution in [0.4, 0.5) is 22.7 Å². The Bertz CT molecular complexity index is 2400. The molecule has 1 aliphatic rings. The third-order valence-corrected chi connectivity index (χ3v) is 10.4. The van der Waals surface area contributed by atoms with Crippen molar-refractivity contribution in [1.29, 1.82) is 0 Å². The van der Waals surface area contributed by atoms with Crippen LogP contribution in [0.15, 0.2) is 128 Å². The summed E-state index contributed by atoms with van der Waals surface area (Å²) in [5.74, 6) is 3.04. The average Bonchev–Trinajstić information content (AvgIpc) is 3.70. The summed E-state index contributed by atoms with van der Waals surface area (Å²) in [7, 11) is 0. The Morgan fingerprint density at radius 3 is 2.21 bits per heavy atom. The third kappa shape index (κ3) is 6.65. The van der Waals surface area contributed by atoms with Gasteiger partial charge in [0.1, 0.15) is 24.0 Å². The largest absolute Gasteiger partial charge is 0.457 e. The molecule has 2 aromatic heterocycles. The van der Waals surface area contributed by atoms with Gasteiger partial charge in [-0.25, -0.2) is 4.98 Å². The molecule has 268 valence electrons. The predicted molar refractivity (Wildman–Crippen MR) is 223 cm³/mol. The molecular formula is C48H50N4O. The van der Waals surface area contributed by atoms with E-state index in [0.29, 0.717) is 12.6 Å². The maximum Gasteiger partial charge on any atom is 0.137 e. The van der Waals surface area contributed by atoms with Gasteiger partial charge < -0.3 is 14.5 Å². The second-order valence-electron chi connectivity index (χ2n) is 15.9. The molecule has 0 spiro atoms. The van der Waals surface area contributed by atoms with Crippen LogP contribution in [0, 0.1) is 5.92 Å². The molecule has 8 rings (SSSR count). The molecule has 7 aromatic rings. The van der Waals surface area contributed by atoms with Gasteiger partial charge in [-0.1, -0.05) is 96.5 Å². The van der Waals surface area contributed by atoms with E-state index in [4.69, 9.17) is 9.72 Å². The van der Waals surface area contributed by atoms with Gasteiger partial charge in [0.15, 0.2) is 0 Å². The van der Waals surface area contributed by atoms with Crippen molar-refractivity contribution in [3.05, 3.63) is 144 Å². The fourth-order valence-electron chi connectivity index (χ4n) is 8.02. The van der Waals surface area contributed by atoms with E-state index in [1.165, 1.54) is 62.9 Å². The zero-order valence-electron chi connectivity index (χ0n) is 31.9. The third-order valence-electron chi connectivity index (χ3n) is 10.4. The maximum absolute atomic E-state index is 6.86. The summed E-state index contributed by atoms with van der Waals surface area (Å²) >= 11 is 0. The van der Waals surface area contributed by atoms with E-state index in [1.807, 2.05) is 12.3 Å². The van der Waals surface area contributed by atoms with E-state index in [0.717, 1.165) is 41.4 Å². The number of benzene rings is 5. The predicted octanol–water partition coefficient (Wildman–Crippen LogP) is 13.1. The quantitative estimate of drug-likeness (QED) is 0.142. The van der Waals surface area contributed by atoms with Crippen LogP contribution in [-0.2, 0) is 18.3 Å². The van der Waals surface area contributed by atoms with Gasteiger partial charge in [-0.2, -0.15) is 0 Å². The van der Waals surface area contributed by atoms with Crippen molar-refractivity contribution in [2.24, 2.45) is 5.92 Å². The smallest absolute Gasteiger partial charge is 0.137 e. The van der Waals surface area contributed by atoms with Gasteiger partial charge in [0, 0.05) is 40.5 Å². The van der Waals surface area contributed by atoms with Gasteiger partial charge in [0.2, 0.25) is 0 Å². The number of hydrogen-bond acceptors (Lipinski definition) is 4. The SMILES string of the molecule is CCCCc1ccc2c(c1)c1c(CC(C)C)cc(Oc3cccc(N4CN(c5ccccc5C(C)(C)C)c5ccccc54)c3)cc1n2-c1ccccn1. The van der Waals surface area contributed by atoms with E-state index in [1.54, 1.807) is 0 Å². The summed E-state index contributed by atoms with van der Waals surface area (Å²) in [6.45, 7) is 14.4. The fraction of sp³-hybridized carbons (Fsp3) is 0.271. The normalized spacial score (nSPS) is 13.0. The number of anilines is 4. The first-order valence-corrected chi connectivity index (χ1v) is 19.2. The van der Waals surface area contributed by atoms with Crippen molar-refractivity contribution in [3.8, 4) is 17.3 Å². The Balaban J connectivity index is 1.21. The monoisotopic (exact) mass is 698 g/mol. The number of fused-ring (bicyclic) bond motifs is 4. The highest BCUT2D eigenvalue weighted by Gasteiger charge is 2.31.